The van der Waals surface area contributed by atoms with Gasteiger partial charge in [-0.3, -0.25) is 9.59 Å². The molecule has 0 spiro atoms. The Hall–Kier alpha value is -2.04. The fourth-order valence-electron chi connectivity index (χ4n) is 4.24. The minimum atomic E-state index is -0.135. The van der Waals surface area contributed by atoms with Crippen LogP contribution in [-0.4, -0.2) is 53.9 Å². The van der Waals surface area contributed by atoms with Crippen LogP contribution in [0.3, 0.4) is 0 Å². The maximum absolute atomic E-state index is 13.0. The first-order chi connectivity index (χ1) is 12.2. The third-order valence-electron chi connectivity index (χ3n) is 5.79. The molecular weight excluding hydrogens is 316 g/mol. The number of likely N-dealkylation sites (tertiary alicyclic amines) is 2. The van der Waals surface area contributed by atoms with E-state index in [1.165, 1.54) is 5.56 Å². The summed E-state index contributed by atoms with van der Waals surface area (Å²) in [7, 11) is 1.67. The lowest BCUT2D eigenvalue weighted by Gasteiger charge is -2.27. The van der Waals surface area contributed by atoms with Gasteiger partial charge in [-0.15, -0.1) is 0 Å². The van der Waals surface area contributed by atoms with Crippen molar-refractivity contribution >= 4 is 11.8 Å². The van der Waals surface area contributed by atoms with Crippen LogP contribution in [0.4, 0.5) is 0 Å². The summed E-state index contributed by atoms with van der Waals surface area (Å²) in [4.78, 5) is 29.2. The molecule has 5 nitrogen and oxygen atoms in total. The van der Waals surface area contributed by atoms with Crippen molar-refractivity contribution in [1.82, 2.24) is 9.80 Å². The molecule has 2 aliphatic heterocycles. The molecule has 25 heavy (non-hydrogen) atoms. The highest BCUT2D eigenvalue weighted by atomic mass is 16.5. The monoisotopic (exact) mass is 342 g/mol. The molecule has 2 amide bonds. The molecule has 2 heterocycles. The van der Waals surface area contributed by atoms with Gasteiger partial charge in [0.25, 0.3) is 0 Å². The number of rotatable bonds is 5. The molecule has 0 radical (unpaired) electrons. The molecule has 1 aromatic rings. The Balaban J connectivity index is 1.40. The molecular formula is C20H26N2O3. The van der Waals surface area contributed by atoms with E-state index in [9.17, 15) is 9.59 Å². The van der Waals surface area contributed by atoms with E-state index in [4.69, 9.17) is 4.74 Å². The first-order valence-electron chi connectivity index (χ1n) is 9.38. The molecule has 0 unspecified atom stereocenters. The van der Waals surface area contributed by atoms with Gasteiger partial charge in [0.05, 0.1) is 13.0 Å². The van der Waals surface area contributed by atoms with Gasteiger partial charge in [-0.05, 0) is 49.8 Å². The number of ether oxygens (including phenoxy) is 1. The molecule has 1 saturated carbocycles. The number of hydrogen-bond donors (Lipinski definition) is 0. The molecule has 3 fully saturated rings. The average Bonchev–Trinajstić information content (AvgIpc) is 3.24. The molecule has 3 aliphatic rings. The van der Waals surface area contributed by atoms with E-state index in [2.05, 4.69) is 12.1 Å². The Morgan fingerprint density at radius 3 is 2.64 bits per heavy atom. The number of nitrogens with zero attached hydrogens (tertiary/aromatic N) is 2. The highest BCUT2D eigenvalue weighted by Gasteiger charge is 2.44. The lowest BCUT2D eigenvalue weighted by Crippen LogP contribution is -2.41. The Labute approximate surface area is 148 Å². The van der Waals surface area contributed by atoms with Crippen molar-refractivity contribution in [3.8, 4) is 5.75 Å². The van der Waals surface area contributed by atoms with Gasteiger partial charge in [0, 0.05) is 31.6 Å². The van der Waals surface area contributed by atoms with Crippen LogP contribution in [0, 0.1) is 5.92 Å². The number of hydrogen-bond acceptors (Lipinski definition) is 3. The zero-order valence-electron chi connectivity index (χ0n) is 14.8. The van der Waals surface area contributed by atoms with Crippen LogP contribution in [0.2, 0.25) is 0 Å². The fraction of sp³-hybridized carbons (Fsp3) is 0.600. The van der Waals surface area contributed by atoms with Crippen molar-refractivity contribution in [3.05, 3.63) is 29.8 Å². The quantitative estimate of drug-likeness (QED) is 0.825. The van der Waals surface area contributed by atoms with Gasteiger partial charge in [-0.1, -0.05) is 12.1 Å². The van der Waals surface area contributed by atoms with Crippen LogP contribution >= 0.6 is 0 Å². The predicted molar refractivity (Wildman–Crippen MR) is 94.3 cm³/mol. The highest BCUT2D eigenvalue weighted by molar-refractivity contribution is 5.89. The van der Waals surface area contributed by atoms with E-state index in [1.54, 1.807) is 7.11 Å². The average molecular weight is 342 g/mol. The maximum atomic E-state index is 13.0. The summed E-state index contributed by atoms with van der Waals surface area (Å²) >= 11 is 0. The third-order valence-corrected chi connectivity index (χ3v) is 5.79. The molecule has 0 N–H and O–H groups in total. The lowest BCUT2D eigenvalue weighted by molar-refractivity contribution is -0.136. The Bertz CT molecular complexity index is 653. The van der Waals surface area contributed by atoms with Gasteiger partial charge in [0.15, 0.2) is 0 Å². The normalized spacial score (nSPS) is 26.4. The molecule has 134 valence electrons. The van der Waals surface area contributed by atoms with Gasteiger partial charge >= 0.3 is 0 Å². The minimum absolute atomic E-state index is 0.135. The summed E-state index contributed by atoms with van der Waals surface area (Å²) in [6, 6.07) is 8.77. The summed E-state index contributed by atoms with van der Waals surface area (Å²) in [5.41, 5.74) is 1.23. The molecule has 1 aromatic carbocycles. The zero-order valence-corrected chi connectivity index (χ0v) is 14.8. The number of benzene rings is 1. The van der Waals surface area contributed by atoms with Crippen molar-refractivity contribution < 1.29 is 14.3 Å². The molecule has 5 heteroatoms. The highest BCUT2D eigenvalue weighted by Crippen LogP contribution is 2.34. The van der Waals surface area contributed by atoms with Gasteiger partial charge in [0.1, 0.15) is 5.75 Å². The van der Waals surface area contributed by atoms with Crippen molar-refractivity contribution in [2.75, 3.05) is 20.2 Å². The van der Waals surface area contributed by atoms with Crippen molar-refractivity contribution in [2.45, 2.75) is 50.6 Å². The van der Waals surface area contributed by atoms with E-state index in [0.717, 1.165) is 44.4 Å². The van der Waals surface area contributed by atoms with E-state index in [-0.39, 0.29) is 23.8 Å². The molecule has 1 aliphatic carbocycles. The topological polar surface area (TPSA) is 49.9 Å². The van der Waals surface area contributed by atoms with Crippen LogP contribution in [0.5, 0.6) is 5.75 Å². The van der Waals surface area contributed by atoms with Gasteiger partial charge in [-0.2, -0.15) is 0 Å². The number of carbonyl (C=O) groups excluding carboxylic acids is 2. The summed E-state index contributed by atoms with van der Waals surface area (Å²) in [5, 5.41) is 0. The first-order valence-corrected chi connectivity index (χ1v) is 9.38. The van der Waals surface area contributed by atoms with Crippen LogP contribution < -0.4 is 4.74 Å². The van der Waals surface area contributed by atoms with Gasteiger partial charge in [-0.25, -0.2) is 0 Å². The molecule has 2 saturated heterocycles. The first kappa shape index (κ1) is 16.4. The second-order valence-electron chi connectivity index (χ2n) is 7.56. The van der Waals surface area contributed by atoms with Crippen molar-refractivity contribution in [3.63, 3.8) is 0 Å². The summed E-state index contributed by atoms with van der Waals surface area (Å²) in [6.07, 6.45) is 5.60. The van der Waals surface area contributed by atoms with Crippen LogP contribution in [0.25, 0.3) is 0 Å². The summed E-state index contributed by atoms with van der Waals surface area (Å²) in [5.74, 6) is 1.08. The van der Waals surface area contributed by atoms with Gasteiger partial charge < -0.3 is 14.5 Å². The van der Waals surface area contributed by atoms with E-state index < -0.39 is 0 Å². The molecule has 0 bridgehead atoms. The van der Waals surface area contributed by atoms with Crippen molar-refractivity contribution in [1.29, 1.82) is 0 Å². The lowest BCUT2D eigenvalue weighted by atomic mass is 10.0. The maximum Gasteiger partial charge on any atom is 0.228 e. The number of methoxy groups -OCH3 is 1. The SMILES string of the molecule is COc1ccc(C[C@@H]2CCCN2C(=O)[C@H]2CC(=O)N(C3CC3)C2)cc1. The number of carbonyl (C=O) groups is 2. The zero-order chi connectivity index (χ0) is 17.4. The predicted octanol–water partition coefficient (Wildman–Crippen LogP) is 2.24. The number of amides is 2. The Morgan fingerprint density at radius 2 is 1.96 bits per heavy atom. The molecule has 4 rings (SSSR count). The molecule has 0 aromatic heterocycles. The molecule has 2 atom stereocenters. The third kappa shape index (κ3) is 3.37. The Morgan fingerprint density at radius 1 is 1.20 bits per heavy atom. The largest absolute Gasteiger partial charge is 0.497 e. The van der Waals surface area contributed by atoms with E-state index >= 15 is 0 Å². The van der Waals surface area contributed by atoms with E-state index in [0.29, 0.717) is 19.0 Å². The van der Waals surface area contributed by atoms with Crippen LogP contribution in [0.1, 0.15) is 37.7 Å². The standard InChI is InChI=1S/C20H26N2O3/c1-25-18-8-4-14(5-9-18)11-17-3-2-10-21(17)20(24)15-12-19(23)22(13-15)16-6-7-16/h4-5,8-9,15-17H,2-3,6-7,10-13H2,1H3/t15-,17-/m0/s1. The fourth-order valence-corrected chi connectivity index (χ4v) is 4.24. The van der Waals surface area contributed by atoms with Crippen LogP contribution in [0.15, 0.2) is 24.3 Å². The second-order valence-corrected chi connectivity index (χ2v) is 7.56. The van der Waals surface area contributed by atoms with Crippen molar-refractivity contribution in [2.24, 2.45) is 5.92 Å². The summed E-state index contributed by atoms with van der Waals surface area (Å²) in [6.45, 7) is 1.46. The minimum Gasteiger partial charge on any atom is -0.497 e. The van der Waals surface area contributed by atoms with Crippen LogP contribution in [-0.2, 0) is 16.0 Å². The Kier molecular flexibility index (Phi) is 4.40. The smallest absolute Gasteiger partial charge is 0.228 e. The summed E-state index contributed by atoms with van der Waals surface area (Å²) < 4.78 is 5.21. The van der Waals surface area contributed by atoms with E-state index in [1.807, 2.05) is 21.9 Å². The van der Waals surface area contributed by atoms with Gasteiger partial charge in [0.2, 0.25) is 11.8 Å². The second kappa shape index (κ2) is 6.70.